The van der Waals surface area contributed by atoms with Crippen LogP contribution in [0.5, 0.6) is 0 Å². The molecule has 0 saturated heterocycles. The Kier molecular flexibility index (Phi) is 5.18. The molecule has 48 valence electrons. The third kappa shape index (κ3) is 6.02. The fourth-order valence-corrected chi connectivity index (χ4v) is 0.472. The molecule has 3 nitrogen and oxygen atoms in total. The Bertz CT molecular complexity index is 64.3. The van der Waals surface area contributed by atoms with Gasteiger partial charge in [-0.1, -0.05) is 0 Å². The second-order valence-electron chi connectivity index (χ2n) is 1.57. The summed E-state index contributed by atoms with van der Waals surface area (Å²) < 4.78 is 14.1. The molecule has 0 saturated carbocycles. The van der Waals surface area contributed by atoms with Crippen molar-refractivity contribution in [3.8, 4) is 0 Å². The number of aliphatic hydroxyl groups is 1. The van der Waals surface area contributed by atoms with E-state index in [0.717, 1.165) is 0 Å². The lowest BCUT2D eigenvalue weighted by Gasteiger charge is -1.95. The summed E-state index contributed by atoms with van der Waals surface area (Å²) in [6, 6.07) is 0. The fraction of sp³-hybridized carbons (Fsp3) is 1.00. The zero-order valence-corrected chi connectivity index (χ0v) is 5.76. The fourth-order valence-electron chi connectivity index (χ4n) is 0.271. The molecule has 0 aromatic carbocycles. The van der Waals surface area contributed by atoms with Crippen LogP contribution < -0.4 is 0 Å². The Labute approximate surface area is 49.9 Å². The van der Waals surface area contributed by atoms with E-state index in [4.69, 9.17) is 5.11 Å². The van der Waals surface area contributed by atoms with Gasteiger partial charge in [-0.15, -0.1) is 4.52 Å². The minimum absolute atomic E-state index is 0.355. The predicted molar refractivity (Wildman–Crippen MR) is 31.3 cm³/mol. The first-order valence-electron chi connectivity index (χ1n) is 2.44. The normalized spacial score (nSPS) is 14.2. The van der Waals surface area contributed by atoms with Gasteiger partial charge in [-0.05, 0) is 11.5 Å². The molecular formula is C4H10O3P+. The van der Waals surface area contributed by atoms with Gasteiger partial charge in [0.1, 0.15) is 6.61 Å². The van der Waals surface area contributed by atoms with Crippen molar-refractivity contribution < 1.29 is 14.2 Å². The van der Waals surface area contributed by atoms with Crippen molar-refractivity contribution in [3.63, 3.8) is 0 Å². The SMILES string of the molecule is CC(O)CCO[PH+]=O. The van der Waals surface area contributed by atoms with Gasteiger partial charge in [-0.3, -0.25) is 0 Å². The van der Waals surface area contributed by atoms with Crippen LogP contribution in [0.25, 0.3) is 0 Å². The van der Waals surface area contributed by atoms with Crippen LogP contribution in [0.4, 0.5) is 0 Å². The second kappa shape index (κ2) is 5.16. The van der Waals surface area contributed by atoms with Crippen LogP contribution in [0.3, 0.4) is 0 Å². The molecule has 0 radical (unpaired) electrons. The Hall–Kier alpha value is 0.0200. The van der Waals surface area contributed by atoms with Gasteiger partial charge < -0.3 is 5.11 Å². The molecule has 8 heavy (non-hydrogen) atoms. The first kappa shape index (κ1) is 8.02. The maximum Gasteiger partial charge on any atom is 0.494 e. The average molecular weight is 137 g/mol. The highest BCUT2D eigenvalue weighted by atomic mass is 31.1. The topological polar surface area (TPSA) is 46.5 Å². The third-order valence-corrected chi connectivity index (χ3v) is 1.02. The molecule has 0 aromatic rings. The Morgan fingerprint density at radius 1 is 1.88 bits per heavy atom. The molecular weight excluding hydrogens is 127 g/mol. The standard InChI is InChI=1S/C4H10O3P/c1-4(5)2-3-7-8-6/h4-5,8H,2-3H2,1H3/q+1. The molecule has 0 amide bonds. The van der Waals surface area contributed by atoms with Gasteiger partial charge in [0.25, 0.3) is 0 Å². The highest BCUT2D eigenvalue weighted by Crippen LogP contribution is 1.97. The van der Waals surface area contributed by atoms with Gasteiger partial charge in [0, 0.05) is 6.42 Å². The minimum atomic E-state index is -0.704. The molecule has 4 heteroatoms. The van der Waals surface area contributed by atoms with E-state index >= 15 is 0 Å². The average Bonchev–Trinajstić information content (AvgIpc) is 1.66. The maximum absolute atomic E-state index is 9.64. The van der Waals surface area contributed by atoms with E-state index in [9.17, 15) is 4.57 Å². The molecule has 1 N–H and O–H groups in total. The molecule has 0 rings (SSSR count). The van der Waals surface area contributed by atoms with Crippen LogP contribution in [0.1, 0.15) is 13.3 Å². The van der Waals surface area contributed by atoms with Gasteiger partial charge in [-0.2, -0.15) is 0 Å². The molecule has 0 spiro atoms. The van der Waals surface area contributed by atoms with Crippen molar-refractivity contribution in [2.45, 2.75) is 19.4 Å². The first-order chi connectivity index (χ1) is 3.77. The second-order valence-corrected chi connectivity index (χ2v) is 2.02. The van der Waals surface area contributed by atoms with Gasteiger partial charge in [0.05, 0.1) is 6.10 Å². The Balaban J connectivity index is 2.81. The summed E-state index contributed by atoms with van der Waals surface area (Å²) >= 11 is 0. The maximum atomic E-state index is 9.64. The lowest BCUT2D eigenvalue weighted by Crippen LogP contribution is -2.01. The van der Waals surface area contributed by atoms with Crippen molar-refractivity contribution in [1.82, 2.24) is 0 Å². The number of rotatable bonds is 4. The summed E-state index contributed by atoms with van der Waals surface area (Å²) in [5.41, 5.74) is 0. The number of aliphatic hydroxyl groups excluding tert-OH is 1. The van der Waals surface area contributed by atoms with Crippen molar-refractivity contribution in [1.29, 1.82) is 0 Å². The monoisotopic (exact) mass is 137 g/mol. The largest absolute Gasteiger partial charge is 0.494 e. The highest BCUT2D eigenvalue weighted by molar-refractivity contribution is 7.17. The van der Waals surface area contributed by atoms with Gasteiger partial charge in [-0.25, -0.2) is 0 Å². The molecule has 2 unspecified atom stereocenters. The predicted octanol–water partition coefficient (Wildman–Crippen LogP) is 0.713. The zero-order chi connectivity index (χ0) is 6.41. The summed E-state index contributed by atoms with van der Waals surface area (Å²) in [5.74, 6) is 0. The summed E-state index contributed by atoms with van der Waals surface area (Å²) in [6.07, 6.45) is 0.196. The molecule has 0 bridgehead atoms. The van der Waals surface area contributed by atoms with Crippen LogP contribution in [0.15, 0.2) is 0 Å². The van der Waals surface area contributed by atoms with E-state index in [2.05, 4.69) is 4.52 Å². The van der Waals surface area contributed by atoms with E-state index in [1.165, 1.54) is 0 Å². The van der Waals surface area contributed by atoms with Crippen LogP contribution >= 0.6 is 8.69 Å². The van der Waals surface area contributed by atoms with Crippen LogP contribution in [-0.4, -0.2) is 17.8 Å². The first-order valence-corrected chi connectivity index (χ1v) is 3.26. The minimum Gasteiger partial charge on any atom is -0.393 e. The van der Waals surface area contributed by atoms with E-state index < -0.39 is 8.69 Å². The Morgan fingerprint density at radius 2 is 2.50 bits per heavy atom. The van der Waals surface area contributed by atoms with Crippen LogP contribution in [-0.2, 0) is 9.09 Å². The number of hydrogen-bond donors (Lipinski definition) is 1. The molecule has 0 aromatic heterocycles. The molecule has 0 aliphatic carbocycles. The lowest BCUT2D eigenvalue weighted by molar-refractivity contribution is 0.160. The van der Waals surface area contributed by atoms with Gasteiger partial charge in [0.2, 0.25) is 0 Å². The third-order valence-electron chi connectivity index (χ3n) is 0.697. The summed E-state index contributed by atoms with van der Waals surface area (Å²) in [6.45, 7) is 2.04. The van der Waals surface area contributed by atoms with Crippen LogP contribution in [0, 0.1) is 0 Å². The number of hydrogen-bond acceptors (Lipinski definition) is 3. The van der Waals surface area contributed by atoms with E-state index in [1.807, 2.05) is 0 Å². The highest BCUT2D eigenvalue weighted by Gasteiger charge is 1.96. The molecule has 0 aliphatic rings. The van der Waals surface area contributed by atoms with Gasteiger partial charge in [0.15, 0.2) is 0 Å². The smallest absolute Gasteiger partial charge is 0.393 e. The van der Waals surface area contributed by atoms with E-state index in [-0.39, 0.29) is 6.10 Å². The molecule has 2 atom stereocenters. The van der Waals surface area contributed by atoms with Crippen molar-refractivity contribution >= 4 is 8.69 Å². The Morgan fingerprint density at radius 3 is 2.88 bits per heavy atom. The quantitative estimate of drug-likeness (QED) is 0.458. The van der Waals surface area contributed by atoms with Gasteiger partial charge >= 0.3 is 8.69 Å². The molecule has 0 aliphatic heterocycles. The van der Waals surface area contributed by atoms with Crippen LogP contribution in [0.2, 0.25) is 0 Å². The van der Waals surface area contributed by atoms with Crippen molar-refractivity contribution in [3.05, 3.63) is 0 Å². The van der Waals surface area contributed by atoms with Crippen molar-refractivity contribution in [2.24, 2.45) is 0 Å². The summed E-state index contributed by atoms with van der Waals surface area (Å²) in [7, 11) is -0.704. The molecule has 0 fully saturated rings. The lowest BCUT2D eigenvalue weighted by atomic mass is 10.3. The van der Waals surface area contributed by atoms with E-state index in [1.54, 1.807) is 6.92 Å². The summed E-state index contributed by atoms with van der Waals surface area (Å²) in [4.78, 5) is 0. The molecule has 0 heterocycles. The zero-order valence-electron chi connectivity index (χ0n) is 4.76. The van der Waals surface area contributed by atoms with Crippen molar-refractivity contribution in [2.75, 3.05) is 6.61 Å². The summed E-state index contributed by atoms with van der Waals surface area (Å²) in [5, 5.41) is 8.60. The van der Waals surface area contributed by atoms with E-state index in [0.29, 0.717) is 13.0 Å².